The summed E-state index contributed by atoms with van der Waals surface area (Å²) in [5, 5.41) is 1.02. The van der Waals surface area contributed by atoms with Crippen LogP contribution in [0.4, 0.5) is 10.6 Å². The molecule has 1 atom stereocenters. The summed E-state index contributed by atoms with van der Waals surface area (Å²) in [7, 11) is 2.07. The van der Waals surface area contributed by atoms with Crippen LogP contribution in [0.1, 0.15) is 26.7 Å². The molecule has 2 aromatic heterocycles. The van der Waals surface area contributed by atoms with Crippen molar-refractivity contribution < 1.29 is 9.53 Å². The Kier molecular flexibility index (Phi) is 3.81. The molecule has 2 aromatic rings. The van der Waals surface area contributed by atoms with Crippen LogP contribution in [0.25, 0.3) is 11.0 Å². The molecule has 4 rings (SSSR count). The summed E-state index contributed by atoms with van der Waals surface area (Å²) in [6.45, 7) is 6.03. The second kappa shape index (κ2) is 5.89. The molecule has 1 saturated heterocycles. The fourth-order valence-electron chi connectivity index (χ4n) is 3.89. The van der Waals surface area contributed by atoms with Crippen molar-refractivity contribution in [1.82, 2.24) is 19.9 Å². The van der Waals surface area contributed by atoms with Gasteiger partial charge < -0.3 is 19.5 Å². The van der Waals surface area contributed by atoms with Crippen LogP contribution in [0, 0.1) is 11.3 Å². The number of nitrogens with one attached hydrogen (secondary N) is 1. The number of carbonyl (C=O) groups is 1. The van der Waals surface area contributed by atoms with E-state index < -0.39 is 0 Å². The highest BCUT2D eigenvalue weighted by Gasteiger charge is 2.58. The molecular weight excluding hydrogens is 318 g/mol. The highest BCUT2D eigenvalue weighted by molar-refractivity contribution is 5.87. The fourth-order valence-corrected chi connectivity index (χ4v) is 3.89. The maximum atomic E-state index is 12.4. The Morgan fingerprint density at radius 2 is 2.28 bits per heavy atom. The van der Waals surface area contributed by atoms with Gasteiger partial charge in [0, 0.05) is 31.7 Å². The molecule has 1 amide bonds. The number of likely N-dealkylation sites (tertiary alicyclic amines) is 1. The van der Waals surface area contributed by atoms with Gasteiger partial charge in [0.25, 0.3) is 0 Å². The monoisotopic (exact) mass is 343 g/mol. The first kappa shape index (κ1) is 16.2. The van der Waals surface area contributed by atoms with E-state index in [1.165, 1.54) is 0 Å². The van der Waals surface area contributed by atoms with Gasteiger partial charge in [-0.3, -0.25) is 0 Å². The van der Waals surface area contributed by atoms with Crippen molar-refractivity contribution in [3.63, 3.8) is 0 Å². The van der Waals surface area contributed by atoms with E-state index in [0.29, 0.717) is 19.1 Å². The van der Waals surface area contributed by atoms with Crippen molar-refractivity contribution in [1.29, 1.82) is 0 Å². The second-order valence-corrected chi connectivity index (χ2v) is 7.78. The summed E-state index contributed by atoms with van der Waals surface area (Å²) in [6, 6.07) is 2.26. The van der Waals surface area contributed by atoms with E-state index in [-0.39, 0.29) is 17.6 Å². The molecule has 7 heteroatoms. The number of aromatic amines is 1. The number of likely N-dealkylation sites (N-methyl/N-ethyl adjacent to an activating group) is 1. The molecule has 134 valence electrons. The predicted octanol–water partition coefficient (Wildman–Crippen LogP) is 2.65. The normalized spacial score (nSPS) is 21.3. The summed E-state index contributed by atoms with van der Waals surface area (Å²) < 4.78 is 5.44. The average molecular weight is 343 g/mol. The van der Waals surface area contributed by atoms with Gasteiger partial charge in [0.2, 0.25) is 0 Å². The first-order valence-corrected chi connectivity index (χ1v) is 8.93. The van der Waals surface area contributed by atoms with Crippen molar-refractivity contribution in [2.75, 3.05) is 31.6 Å². The van der Waals surface area contributed by atoms with Gasteiger partial charge in [-0.25, -0.2) is 14.8 Å². The number of anilines is 1. The van der Waals surface area contributed by atoms with E-state index in [1.807, 2.05) is 31.0 Å². The zero-order valence-electron chi connectivity index (χ0n) is 15.0. The van der Waals surface area contributed by atoms with Crippen LogP contribution in [0.2, 0.25) is 0 Å². The van der Waals surface area contributed by atoms with Crippen LogP contribution in [-0.4, -0.2) is 58.7 Å². The Balaban J connectivity index is 1.54. The Labute approximate surface area is 147 Å². The maximum Gasteiger partial charge on any atom is 0.409 e. The number of fused-ring (bicyclic) bond motifs is 1. The van der Waals surface area contributed by atoms with Crippen LogP contribution in [0.5, 0.6) is 0 Å². The Bertz CT molecular complexity index is 783. The van der Waals surface area contributed by atoms with Gasteiger partial charge >= 0.3 is 6.09 Å². The van der Waals surface area contributed by atoms with E-state index in [9.17, 15) is 4.79 Å². The zero-order valence-corrected chi connectivity index (χ0v) is 15.0. The van der Waals surface area contributed by atoms with Gasteiger partial charge in [0.05, 0.1) is 18.0 Å². The Morgan fingerprint density at radius 3 is 3.00 bits per heavy atom. The van der Waals surface area contributed by atoms with E-state index >= 15 is 0 Å². The van der Waals surface area contributed by atoms with Crippen molar-refractivity contribution in [3.05, 3.63) is 18.6 Å². The molecule has 0 unspecified atom stereocenters. The number of rotatable bonds is 4. The number of amides is 1. The van der Waals surface area contributed by atoms with Crippen molar-refractivity contribution in [2.24, 2.45) is 11.3 Å². The molecule has 0 aromatic carbocycles. The molecule has 2 fully saturated rings. The molecule has 1 N–H and O–H groups in total. The van der Waals surface area contributed by atoms with Crippen molar-refractivity contribution >= 4 is 22.9 Å². The van der Waals surface area contributed by atoms with Crippen LogP contribution in [0.3, 0.4) is 0 Å². The van der Waals surface area contributed by atoms with Gasteiger partial charge in [0.1, 0.15) is 17.8 Å². The second-order valence-electron chi connectivity index (χ2n) is 7.78. The molecule has 3 heterocycles. The van der Waals surface area contributed by atoms with Crippen LogP contribution in [0.15, 0.2) is 18.6 Å². The van der Waals surface area contributed by atoms with Crippen LogP contribution < -0.4 is 4.90 Å². The van der Waals surface area contributed by atoms with Crippen molar-refractivity contribution in [2.45, 2.75) is 32.7 Å². The third-order valence-corrected chi connectivity index (χ3v) is 5.43. The number of hydrogen-bond acceptors (Lipinski definition) is 5. The number of hydrogen-bond donors (Lipinski definition) is 1. The lowest BCUT2D eigenvalue weighted by Crippen LogP contribution is -2.40. The predicted molar refractivity (Wildman–Crippen MR) is 95.5 cm³/mol. The quantitative estimate of drug-likeness (QED) is 0.924. The highest BCUT2D eigenvalue weighted by atomic mass is 16.6. The van der Waals surface area contributed by atoms with E-state index in [2.05, 4.69) is 26.9 Å². The number of aromatic nitrogens is 3. The van der Waals surface area contributed by atoms with E-state index in [1.54, 1.807) is 6.33 Å². The summed E-state index contributed by atoms with van der Waals surface area (Å²) in [6.07, 6.45) is 5.58. The fraction of sp³-hybridized carbons (Fsp3) is 0.611. The molecule has 1 saturated carbocycles. The minimum absolute atomic E-state index is 0.180. The largest absolute Gasteiger partial charge is 0.449 e. The molecule has 2 aliphatic rings. The minimum atomic E-state index is -0.189. The van der Waals surface area contributed by atoms with E-state index in [0.717, 1.165) is 36.2 Å². The first-order valence-electron chi connectivity index (χ1n) is 8.93. The summed E-state index contributed by atoms with van der Waals surface area (Å²) in [5.41, 5.74) is 1.02. The maximum absolute atomic E-state index is 12.4. The number of ether oxygens (including phenoxy) is 1. The average Bonchev–Trinajstić information content (AvgIpc) is 3.04. The van der Waals surface area contributed by atoms with Gasteiger partial charge in [-0.1, -0.05) is 13.8 Å². The van der Waals surface area contributed by atoms with Crippen LogP contribution >= 0.6 is 0 Å². The topological polar surface area (TPSA) is 74.3 Å². The lowest BCUT2D eigenvalue weighted by Gasteiger charge is -2.30. The smallest absolute Gasteiger partial charge is 0.409 e. The Hall–Kier alpha value is -2.31. The van der Waals surface area contributed by atoms with Gasteiger partial charge in [0.15, 0.2) is 0 Å². The Morgan fingerprint density at radius 1 is 1.48 bits per heavy atom. The van der Waals surface area contributed by atoms with Crippen LogP contribution in [-0.2, 0) is 4.74 Å². The lowest BCUT2D eigenvalue weighted by atomic mass is 9.99. The molecule has 0 bridgehead atoms. The third kappa shape index (κ3) is 2.81. The molecule has 0 radical (unpaired) electrons. The molecule has 25 heavy (non-hydrogen) atoms. The highest BCUT2D eigenvalue weighted by Crippen LogP contribution is 2.55. The molecule has 1 aliphatic carbocycles. The first-order chi connectivity index (χ1) is 12.0. The van der Waals surface area contributed by atoms with Gasteiger partial charge in [-0.05, 0) is 24.8 Å². The number of nitrogens with zero attached hydrogens (tertiary/aromatic N) is 4. The minimum Gasteiger partial charge on any atom is -0.449 e. The standard InChI is InChI=1S/C18H25N5O2/c1-12(2)9-25-17(24)23-8-14(18(10-23)5-6-18)22(3)16-13-4-7-19-15(13)20-11-21-16/h4,7,11-12,14H,5-6,8-10H2,1-3H3,(H,19,20,21)/t14-/m0/s1. The van der Waals surface area contributed by atoms with Gasteiger partial charge in [-0.15, -0.1) is 0 Å². The summed E-state index contributed by atoms with van der Waals surface area (Å²) in [4.78, 5) is 28.4. The zero-order chi connectivity index (χ0) is 17.6. The molecule has 7 nitrogen and oxygen atoms in total. The van der Waals surface area contributed by atoms with Gasteiger partial charge in [-0.2, -0.15) is 0 Å². The molecule has 1 aliphatic heterocycles. The lowest BCUT2D eigenvalue weighted by molar-refractivity contribution is 0.0978. The van der Waals surface area contributed by atoms with E-state index in [4.69, 9.17) is 4.74 Å². The molecule has 1 spiro atoms. The summed E-state index contributed by atoms with van der Waals surface area (Å²) >= 11 is 0. The third-order valence-electron chi connectivity index (χ3n) is 5.43. The number of carbonyl (C=O) groups excluding carboxylic acids is 1. The summed E-state index contributed by atoms with van der Waals surface area (Å²) in [5.74, 6) is 1.27. The van der Waals surface area contributed by atoms with Crippen molar-refractivity contribution in [3.8, 4) is 0 Å². The number of H-pyrrole nitrogens is 1. The molecular formula is C18H25N5O2. The SMILES string of the molecule is CC(C)COC(=O)N1C[C@H](N(C)c2ncnc3[nH]ccc23)C2(CC2)C1.